The van der Waals surface area contributed by atoms with Crippen LogP contribution in [0.2, 0.25) is 0 Å². The van der Waals surface area contributed by atoms with Crippen LogP contribution in [0.1, 0.15) is 24.0 Å². The van der Waals surface area contributed by atoms with Gasteiger partial charge in [-0.25, -0.2) is 0 Å². The molecule has 0 aliphatic carbocycles. The van der Waals surface area contributed by atoms with Crippen molar-refractivity contribution in [1.82, 2.24) is 15.1 Å². The van der Waals surface area contributed by atoms with E-state index in [2.05, 4.69) is 18.0 Å². The van der Waals surface area contributed by atoms with E-state index in [1.807, 2.05) is 0 Å². The molecule has 1 saturated heterocycles. The number of piperazine rings is 1. The van der Waals surface area contributed by atoms with Crippen molar-refractivity contribution in [3.05, 3.63) is 47.2 Å². The van der Waals surface area contributed by atoms with Gasteiger partial charge in [0.1, 0.15) is 5.84 Å². The highest BCUT2D eigenvalue weighted by Gasteiger charge is 2.38. The number of amides is 1. The highest BCUT2D eigenvalue weighted by molar-refractivity contribution is 7.78. The second kappa shape index (κ2) is 11.4. The molecular formula is C24H27F3N8OS. The molecule has 1 amide bonds. The number of carbonyl (C=O) groups excluding carboxylic acids is 1. The van der Waals surface area contributed by atoms with Gasteiger partial charge in [0.15, 0.2) is 0 Å². The summed E-state index contributed by atoms with van der Waals surface area (Å²) < 4.78 is 41.6. The molecule has 0 aromatic heterocycles. The van der Waals surface area contributed by atoms with E-state index in [4.69, 9.17) is 28.8 Å². The first-order valence-corrected chi connectivity index (χ1v) is 11.9. The van der Waals surface area contributed by atoms with Crippen LogP contribution in [0.4, 0.5) is 24.5 Å². The fourth-order valence-corrected chi connectivity index (χ4v) is 4.84. The van der Waals surface area contributed by atoms with Crippen molar-refractivity contribution in [3.8, 4) is 6.07 Å². The minimum atomic E-state index is -4.66. The zero-order valence-electron chi connectivity index (χ0n) is 19.9. The number of halogens is 3. The van der Waals surface area contributed by atoms with Gasteiger partial charge in [-0.2, -0.15) is 18.4 Å². The lowest BCUT2D eigenvalue weighted by atomic mass is 9.97. The number of nitriles is 1. The van der Waals surface area contributed by atoms with Crippen molar-refractivity contribution >= 4 is 47.0 Å². The quantitative estimate of drug-likeness (QED) is 0.139. The fourth-order valence-electron chi connectivity index (χ4n) is 4.70. The molecule has 1 aromatic rings. The average Bonchev–Trinajstić information content (AvgIpc) is 2.87. The Balaban J connectivity index is 1.94. The van der Waals surface area contributed by atoms with E-state index >= 15 is 0 Å². The molecule has 9 nitrogen and oxygen atoms in total. The van der Waals surface area contributed by atoms with Gasteiger partial charge >= 0.3 is 6.18 Å². The van der Waals surface area contributed by atoms with Crippen LogP contribution in [0, 0.1) is 22.1 Å². The Kier molecular flexibility index (Phi) is 8.54. The zero-order chi connectivity index (χ0) is 27.3. The summed E-state index contributed by atoms with van der Waals surface area (Å²) in [6.45, 7) is 4.54. The number of rotatable bonds is 7. The van der Waals surface area contributed by atoms with Crippen LogP contribution in [0.5, 0.6) is 0 Å². The van der Waals surface area contributed by atoms with Crippen molar-refractivity contribution < 1.29 is 18.0 Å². The van der Waals surface area contributed by atoms with Crippen molar-refractivity contribution in [2.45, 2.75) is 25.1 Å². The van der Waals surface area contributed by atoms with E-state index in [0.717, 1.165) is 18.3 Å². The third kappa shape index (κ3) is 5.75. The molecule has 13 heteroatoms. The predicted octanol–water partition coefficient (Wildman–Crippen LogP) is 2.89. The van der Waals surface area contributed by atoms with Crippen molar-refractivity contribution in [1.29, 1.82) is 16.1 Å². The Bertz CT molecular complexity index is 1190. The number of carbonyl (C=O) groups is 1. The van der Waals surface area contributed by atoms with E-state index in [-0.39, 0.29) is 61.2 Å². The van der Waals surface area contributed by atoms with E-state index < -0.39 is 17.8 Å². The summed E-state index contributed by atoms with van der Waals surface area (Å²) >= 11 is 4.95. The molecule has 2 heterocycles. The van der Waals surface area contributed by atoms with Gasteiger partial charge in [0.05, 0.1) is 41.8 Å². The Hall–Kier alpha value is -3.92. The molecule has 2 aliphatic rings. The number of nitrogens with two attached hydrogens (primary N) is 1. The SMILES string of the molecule is C=CC(=O)N1CCN(C(=N)C2=C(NC=S)CN(c3c(C(F)(F)F)ccc(N)c3C=N)CC2)CC1CC#N. The van der Waals surface area contributed by atoms with Gasteiger partial charge in [-0.05, 0) is 24.6 Å². The number of thiocarbonyl (C=S) groups is 1. The molecule has 1 unspecified atom stereocenters. The third-order valence-electron chi connectivity index (χ3n) is 6.46. The molecule has 2 aliphatic heterocycles. The fraction of sp³-hybridized carbons (Fsp3) is 0.375. The molecule has 1 fully saturated rings. The number of hydrogen-bond donors (Lipinski definition) is 4. The first-order chi connectivity index (χ1) is 17.6. The second-order valence-corrected chi connectivity index (χ2v) is 8.78. The smallest absolute Gasteiger partial charge is 0.398 e. The van der Waals surface area contributed by atoms with Crippen molar-refractivity contribution in [3.63, 3.8) is 0 Å². The van der Waals surface area contributed by atoms with Gasteiger partial charge in [0.25, 0.3) is 0 Å². The summed E-state index contributed by atoms with van der Waals surface area (Å²) in [6, 6.07) is 3.69. The molecule has 0 spiro atoms. The Morgan fingerprint density at radius 1 is 1.35 bits per heavy atom. The molecule has 196 valence electrons. The maximum absolute atomic E-state index is 13.9. The summed E-state index contributed by atoms with van der Waals surface area (Å²) in [4.78, 5) is 17.0. The number of benzene rings is 1. The van der Waals surface area contributed by atoms with Crippen LogP contribution in [0.25, 0.3) is 0 Å². The summed E-state index contributed by atoms with van der Waals surface area (Å²) in [7, 11) is 0. The van der Waals surface area contributed by atoms with Crippen LogP contribution in [-0.2, 0) is 11.0 Å². The molecule has 1 aromatic carbocycles. The van der Waals surface area contributed by atoms with E-state index in [1.165, 1.54) is 16.5 Å². The van der Waals surface area contributed by atoms with Crippen LogP contribution in [0.15, 0.2) is 36.1 Å². The third-order valence-corrected chi connectivity index (χ3v) is 6.58. The van der Waals surface area contributed by atoms with Gasteiger partial charge in [0, 0.05) is 54.9 Å². The highest BCUT2D eigenvalue weighted by Crippen LogP contribution is 2.41. The topological polar surface area (TPSA) is 136 Å². The summed E-state index contributed by atoms with van der Waals surface area (Å²) in [6.07, 6.45) is -2.34. The molecule has 0 bridgehead atoms. The van der Waals surface area contributed by atoms with Crippen LogP contribution in [-0.4, -0.2) is 72.0 Å². The summed E-state index contributed by atoms with van der Waals surface area (Å²) in [5.74, 6) is -0.129. The largest absolute Gasteiger partial charge is 0.418 e. The normalized spacial score (nSPS) is 18.2. The number of nitrogens with one attached hydrogen (secondary N) is 3. The number of amidine groups is 1. The molecule has 1 atom stereocenters. The van der Waals surface area contributed by atoms with Gasteiger partial charge in [-0.15, -0.1) is 0 Å². The molecule has 5 N–H and O–H groups in total. The molecule has 0 saturated carbocycles. The van der Waals surface area contributed by atoms with E-state index in [0.29, 0.717) is 24.4 Å². The van der Waals surface area contributed by atoms with Gasteiger partial charge < -0.3 is 31.2 Å². The van der Waals surface area contributed by atoms with Crippen LogP contribution >= 0.6 is 12.2 Å². The van der Waals surface area contributed by atoms with Crippen molar-refractivity contribution in [2.24, 2.45) is 0 Å². The number of alkyl halides is 3. The van der Waals surface area contributed by atoms with Crippen molar-refractivity contribution in [2.75, 3.05) is 43.4 Å². The van der Waals surface area contributed by atoms with Crippen LogP contribution in [0.3, 0.4) is 0 Å². The molecular weight excluding hydrogens is 505 g/mol. The number of anilines is 2. The summed E-state index contributed by atoms with van der Waals surface area (Å²) in [5, 5.41) is 28.7. The lowest BCUT2D eigenvalue weighted by molar-refractivity contribution is -0.137. The number of nitrogen functional groups attached to an aromatic ring is 1. The van der Waals surface area contributed by atoms with Gasteiger partial charge in [-0.1, -0.05) is 18.8 Å². The van der Waals surface area contributed by atoms with E-state index in [1.54, 1.807) is 9.80 Å². The highest BCUT2D eigenvalue weighted by atomic mass is 32.1. The Morgan fingerprint density at radius 2 is 2.08 bits per heavy atom. The maximum Gasteiger partial charge on any atom is 0.418 e. The summed E-state index contributed by atoms with van der Waals surface area (Å²) in [5.41, 5.74) is 7.10. The van der Waals surface area contributed by atoms with Crippen LogP contribution < -0.4 is 16.0 Å². The Morgan fingerprint density at radius 3 is 2.68 bits per heavy atom. The number of nitrogens with zero attached hydrogens (tertiary/aromatic N) is 4. The molecule has 0 radical (unpaired) electrons. The second-order valence-electron chi connectivity index (χ2n) is 8.54. The minimum absolute atomic E-state index is 0.0191. The zero-order valence-corrected chi connectivity index (χ0v) is 20.8. The lowest BCUT2D eigenvalue weighted by Crippen LogP contribution is -2.56. The van der Waals surface area contributed by atoms with Gasteiger partial charge in [-0.3, -0.25) is 10.2 Å². The monoisotopic (exact) mass is 532 g/mol. The minimum Gasteiger partial charge on any atom is -0.398 e. The average molecular weight is 533 g/mol. The molecule has 3 rings (SSSR count). The first-order valence-electron chi connectivity index (χ1n) is 11.4. The predicted molar refractivity (Wildman–Crippen MR) is 140 cm³/mol. The Labute approximate surface area is 218 Å². The lowest BCUT2D eigenvalue weighted by Gasteiger charge is -2.43. The molecule has 37 heavy (non-hydrogen) atoms. The van der Waals surface area contributed by atoms with E-state index in [9.17, 15) is 23.2 Å². The number of hydrogen-bond acceptors (Lipinski definition) is 7. The first kappa shape index (κ1) is 27.7. The van der Waals surface area contributed by atoms with Gasteiger partial charge in [0.2, 0.25) is 5.91 Å². The maximum atomic E-state index is 13.9. The standard InChI is InChI=1S/C24H27F3N8OS/c1-2-21(36)35-10-9-34(12-15(35)5-7-28)23(31)16-6-8-33(13-20(16)32-14-37)22-17(11-29)19(30)4-3-18(22)24(25,26)27/h2-4,11,14-15,29,31H,1,5-6,8-10,12-13,30H2,(H,32,37).